The minimum absolute atomic E-state index is 0.0341. The number of hydrogen-bond acceptors (Lipinski definition) is 6. The molecule has 2 N–H and O–H groups in total. The number of aromatic hydroxyl groups is 1. The number of anilines is 2. The van der Waals surface area contributed by atoms with Crippen molar-refractivity contribution in [1.29, 1.82) is 0 Å². The van der Waals surface area contributed by atoms with E-state index in [2.05, 4.69) is 15.3 Å². The van der Waals surface area contributed by atoms with Gasteiger partial charge >= 0.3 is 0 Å². The topological polar surface area (TPSA) is 67.3 Å². The number of thiophene rings is 1. The predicted molar refractivity (Wildman–Crippen MR) is 101 cm³/mol. The van der Waals surface area contributed by atoms with Crippen molar-refractivity contribution in [3.8, 4) is 22.6 Å². The molecule has 0 aliphatic rings. The van der Waals surface area contributed by atoms with Crippen LogP contribution in [0.4, 0.5) is 15.9 Å². The summed E-state index contributed by atoms with van der Waals surface area (Å²) in [6, 6.07) is 11.3. The van der Waals surface area contributed by atoms with Gasteiger partial charge in [0.2, 0.25) is 0 Å². The number of hydrogen-bond donors (Lipinski definition) is 2. The second-order valence-electron chi connectivity index (χ2n) is 5.57. The van der Waals surface area contributed by atoms with Crippen LogP contribution in [0.25, 0.3) is 21.3 Å². The molecule has 0 bridgehead atoms. The van der Waals surface area contributed by atoms with E-state index in [0.29, 0.717) is 17.3 Å². The summed E-state index contributed by atoms with van der Waals surface area (Å²) in [5.74, 6) is 0.759. The van der Waals surface area contributed by atoms with Crippen molar-refractivity contribution in [3.05, 3.63) is 60.0 Å². The summed E-state index contributed by atoms with van der Waals surface area (Å²) in [4.78, 5) is 9.48. The molecule has 0 spiro atoms. The first-order valence-corrected chi connectivity index (χ1v) is 8.66. The van der Waals surface area contributed by atoms with Crippen LogP contribution in [-0.2, 0) is 0 Å². The van der Waals surface area contributed by atoms with E-state index in [1.54, 1.807) is 30.3 Å². The first-order chi connectivity index (χ1) is 12.7. The summed E-state index contributed by atoms with van der Waals surface area (Å²) < 4.78 is 18.3. The molecule has 2 aromatic carbocycles. The minimum atomic E-state index is -0.281. The maximum absolute atomic E-state index is 13.2. The Morgan fingerprint density at radius 1 is 1.12 bits per heavy atom. The molecule has 4 aromatic rings. The molecule has 2 heterocycles. The number of halogens is 1. The largest absolute Gasteiger partial charge is 0.504 e. The Kier molecular flexibility index (Phi) is 4.14. The van der Waals surface area contributed by atoms with Gasteiger partial charge in [0, 0.05) is 22.7 Å². The number of ether oxygens (including phenoxy) is 1. The zero-order valence-electron chi connectivity index (χ0n) is 13.7. The molecule has 0 fully saturated rings. The fourth-order valence-corrected chi connectivity index (χ4v) is 3.63. The number of nitrogens with one attached hydrogen (secondary N) is 1. The molecule has 0 aliphatic carbocycles. The summed E-state index contributed by atoms with van der Waals surface area (Å²) in [6.07, 6.45) is 1.49. The van der Waals surface area contributed by atoms with E-state index >= 15 is 0 Å². The second-order valence-corrected chi connectivity index (χ2v) is 6.43. The number of aromatic nitrogens is 2. The van der Waals surface area contributed by atoms with Crippen molar-refractivity contribution < 1.29 is 14.2 Å². The van der Waals surface area contributed by atoms with E-state index in [4.69, 9.17) is 4.74 Å². The zero-order chi connectivity index (χ0) is 18.1. The fourth-order valence-electron chi connectivity index (χ4n) is 2.72. The highest BCUT2D eigenvalue weighted by Gasteiger charge is 2.14. The smallest absolute Gasteiger partial charge is 0.160 e. The average Bonchev–Trinajstić information content (AvgIpc) is 3.08. The summed E-state index contributed by atoms with van der Waals surface area (Å²) in [5.41, 5.74) is 2.47. The molecule has 0 aliphatic heterocycles. The predicted octanol–water partition coefficient (Wildman–Crippen LogP) is 4.96. The minimum Gasteiger partial charge on any atom is -0.504 e. The first kappa shape index (κ1) is 16.3. The molecular formula is C19H14FN3O2S. The van der Waals surface area contributed by atoms with E-state index in [1.165, 1.54) is 36.9 Å². The van der Waals surface area contributed by atoms with Gasteiger partial charge in [0.25, 0.3) is 0 Å². The standard InChI is InChI=1S/C19H14FN3O2S/c1-25-16-7-6-13(8-15(16)24)23-18-17-14(9-26-19(17)22-10-21-18)11-2-4-12(20)5-3-11/h2-10,24H,1H3,(H,21,22,23). The SMILES string of the molecule is COc1ccc(Nc2ncnc3scc(-c4ccc(F)cc4)c23)cc1O. The molecule has 2 aromatic heterocycles. The lowest BCUT2D eigenvalue weighted by atomic mass is 10.1. The van der Waals surface area contributed by atoms with E-state index in [-0.39, 0.29) is 11.6 Å². The van der Waals surface area contributed by atoms with Crippen molar-refractivity contribution in [2.24, 2.45) is 0 Å². The van der Waals surface area contributed by atoms with Crippen LogP contribution in [0.3, 0.4) is 0 Å². The number of rotatable bonds is 4. The maximum atomic E-state index is 13.2. The van der Waals surface area contributed by atoms with Crippen LogP contribution in [-0.4, -0.2) is 22.2 Å². The average molecular weight is 367 g/mol. The third-order valence-electron chi connectivity index (χ3n) is 3.97. The van der Waals surface area contributed by atoms with Gasteiger partial charge in [-0.3, -0.25) is 0 Å². The summed E-state index contributed by atoms with van der Waals surface area (Å²) in [6.45, 7) is 0. The molecule has 5 nitrogen and oxygen atoms in total. The van der Waals surface area contributed by atoms with Gasteiger partial charge in [0.1, 0.15) is 22.8 Å². The fraction of sp³-hybridized carbons (Fsp3) is 0.0526. The third kappa shape index (κ3) is 2.93. The van der Waals surface area contributed by atoms with Gasteiger partial charge in [-0.2, -0.15) is 0 Å². The Bertz CT molecular complexity index is 1080. The molecule has 7 heteroatoms. The maximum Gasteiger partial charge on any atom is 0.160 e. The van der Waals surface area contributed by atoms with Crippen LogP contribution >= 0.6 is 11.3 Å². The van der Waals surface area contributed by atoms with Crippen LogP contribution in [0.5, 0.6) is 11.5 Å². The molecule has 0 amide bonds. The summed E-state index contributed by atoms with van der Waals surface area (Å²) in [5, 5.41) is 16.0. The molecule has 0 unspecified atom stereocenters. The van der Waals surface area contributed by atoms with Gasteiger partial charge in [-0.15, -0.1) is 11.3 Å². The van der Waals surface area contributed by atoms with Crippen LogP contribution in [0, 0.1) is 5.82 Å². The Morgan fingerprint density at radius 2 is 1.92 bits per heavy atom. The number of benzene rings is 2. The van der Waals surface area contributed by atoms with Gasteiger partial charge < -0.3 is 15.2 Å². The monoisotopic (exact) mass is 367 g/mol. The summed E-state index contributed by atoms with van der Waals surface area (Å²) >= 11 is 1.49. The van der Waals surface area contributed by atoms with Crippen LogP contribution in [0.15, 0.2) is 54.2 Å². The quantitative estimate of drug-likeness (QED) is 0.534. The lowest BCUT2D eigenvalue weighted by Crippen LogP contribution is -1.96. The molecule has 26 heavy (non-hydrogen) atoms. The normalized spacial score (nSPS) is 10.8. The molecule has 130 valence electrons. The number of nitrogens with zero attached hydrogens (tertiary/aromatic N) is 2. The van der Waals surface area contributed by atoms with Crippen molar-refractivity contribution in [3.63, 3.8) is 0 Å². The van der Waals surface area contributed by atoms with E-state index in [1.807, 2.05) is 5.38 Å². The van der Waals surface area contributed by atoms with E-state index < -0.39 is 0 Å². The molecule has 0 radical (unpaired) electrons. The van der Waals surface area contributed by atoms with Crippen LogP contribution in [0.2, 0.25) is 0 Å². The Balaban J connectivity index is 1.79. The van der Waals surface area contributed by atoms with Crippen molar-refractivity contribution in [2.75, 3.05) is 12.4 Å². The van der Waals surface area contributed by atoms with Crippen molar-refractivity contribution in [2.45, 2.75) is 0 Å². The van der Waals surface area contributed by atoms with Gasteiger partial charge in [0.15, 0.2) is 11.5 Å². The molecule has 4 rings (SSSR count). The number of fused-ring (bicyclic) bond motifs is 1. The zero-order valence-corrected chi connectivity index (χ0v) is 14.5. The number of phenols is 1. The lowest BCUT2D eigenvalue weighted by molar-refractivity contribution is 0.373. The Labute approximate surface area is 152 Å². The third-order valence-corrected chi connectivity index (χ3v) is 4.85. The van der Waals surface area contributed by atoms with Crippen LogP contribution in [0.1, 0.15) is 0 Å². The van der Waals surface area contributed by atoms with Gasteiger partial charge in [-0.1, -0.05) is 12.1 Å². The van der Waals surface area contributed by atoms with Gasteiger partial charge in [-0.05, 0) is 29.8 Å². The van der Waals surface area contributed by atoms with E-state index in [0.717, 1.165) is 21.3 Å². The molecule has 0 atom stereocenters. The van der Waals surface area contributed by atoms with Crippen molar-refractivity contribution in [1.82, 2.24) is 9.97 Å². The summed E-state index contributed by atoms with van der Waals surface area (Å²) in [7, 11) is 1.50. The second kappa shape index (κ2) is 6.61. The van der Waals surface area contributed by atoms with Gasteiger partial charge in [0.05, 0.1) is 12.5 Å². The Morgan fingerprint density at radius 3 is 2.65 bits per heavy atom. The Hall–Kier alpha value is -3.19. The molecule has 0 saturated carbocycles. The van der Waals surface area contributed by atoms with Crippen LogP contribution < -0.4 is 10.1 Å². The highest BCUT2D eigenvalue weighted by Crippen LogP contribution is 2.38. The lowest BCUT2D eigenvalue weighted by Gasteiger charge is -2.10. The van der Waals surface area contributed by atoms with Gasteiger partial charge in [-0.25, -0.2) is 14.4 Å². The number of phenolic OH excluding ortho intramolecular Hbond substituents is 1. The highest BCUT2D eigenvalue weighted by atomic mass is 32.1. The molecule has 0 saturated heterocycles. The highest BCUT2D eigenvalue weighted by molar-refractivity contribution is 7.17. The van der Waals surface area contributed by atoms with E-state index in [9.17, 15) is 9.50 Å². The number of methoxy groups -OCH3 is 1. The van der Waals surface area contributed by atoms with Crippen molar-refractivity contribution >= 4 is 33.1 Å². The first-order valence-electron chi connectivity index (χ1n) is 7.78. The molecular weight excluding hydrogens is 353 g/mol.